The number of anilines is 3. The Hall–Kier alpha value is -8.47. The normalized spacial score (nSPS) is 11.5. The Morgan fingerprint density at radius 1 is 0.333 bits per heavy atom. The molecule has 0 aliphatic heterocycles. The Labute approximate surface area is 364 Å². The maximum atomic E-state index is 6.67. The van der Waals surface area contributed by atoms with Crippen LogP contribution in [0.4, 0.5) is 17.1 Å². The SMILES string of the molecule is c1ccc(-c2nc3cc4c(cc3o2)oc2cccc(N(c3ccc(-c5ccccc5-c5ccccc5)cc3)c3ccc(-c5ccccc5)c(-c5ccc6ccccc6c5)c3)c24)cc1. The number of oxazole rings is 1. The average Bonchev–Trinajstić information content (AvgIpc) is 3.95. The van der Waals surface area contributed by atoms with Crippen LogP contribution >= 0.6 is 0 Å². The lowest BCUT2D eigenvalue weighted by Gasteiger charge is -2.28. The molecule has 0 fully saturated rings. The monoisotopic (exact) mass is 806 g/mol. The smallest absolute Gasteiger partial charge is 0.227 e. The standard InChI is InChI=1S/C59H38N2O2/c1-4-16-40(17-5-1)48-23-12-13-24-49(48)42-29-31-46(32-30-42)61(47-33-34-50(41-18-6-2-7-19-41)51(36-47)45-28-27-39-15-10-11-22-44(39)35-45)54-25-14-26-55-58(54)52-37-53-57(38-56(52)62-55)63-59(60-53)43-20-8-3-9-21-43/h1-38H. The van der Waals surface area contributed by atoms with Gasteiger partial charge in [0.2, 0.25) is 5.89 Å². The number of aromatic nitrogens is 1. The molecular weight excluding hydrogens is 769 g/mol. The highest BCUT2D eigenvalue weighted by atomic mass is 16.4. The molecule has 12 rings (SSSR count). The number of rotatable bonds is 8. The van der Waals surface area contributed by atoms with Gasteiger partial charge >= 0.3 is 0 Å². The first kappa shape index (κ1) is 36.4. The quantitative estimate of drug-likeness (QED) is 0.153. The van der Waals surface area contributed by atoms with Gasteiger partial charge in [0.1, 0.15) is 16.7 Å². The minimum atomic E-state index is 0.582. The van der Waals surface area contributed by atoms with Crippen molar-refractivity contribution in [3.05, 3.63) is 231 Å². The van der Waals surface area contributed by atoms with Crippen molar-refractivity contribution in [3.8, 4) is 56.0 Å². The van der Waals surface area contributed by atoms with Crippen LogP contribution in [-0.4, -0.2) is 4.98 Å². The molecule has 4 heteroatoms. The third kappa shape index (κ3) is 6.53. The average molecular weight is 807 g/mol. The fourth-order valence-corrected chi connectivity index (χ4v) is 9.08. The van der Waals surface area contributed by atoms with Crippen LogP contribution in [-0.2, 0) is 0 Å². The van der Waals surface area contributed by atoms with Crippen LogP contribution in [0.5, 0.6) is 0 Å². The minimum Gasteiger partial charge on any atom is -0.456 e. The molecule has 0 aliphatic carbocycles. The Morgan fingerprint density at radius 2 is 0.921 bits per heavy atom. The van der Waals surface area contributed by atoms with Crippen LogP contribution in [0.1, 0.15) is 0 Å². The maximum absolute atomic E-state index is 6.67. The van der Waals surface area contributed by atoms with E-state index in [1.165, 1.54) is 27.5 Å². The third-order valence-electron chi connectivity index (χ3n) is 12.1. The van der Waals surface area contributed by atoms with Crippen molar-refractivity contribution in [2.75, 3.05) is 4.90 Å². The molecule has 0 saturated carbocycles. The highest BCUT2D eigenvalue weighted by Gasteiger charge is 2.23. The zero-order valence-electron chi connectivity index (χ0n) is 34.2. The zero-order valence-corrected chi connectivity index (χ0v) is 34.2. The van der Waals surface area contributed by atoms with Gasteiger partial charge in [-0.25, -0.2) is 4.98 Å². The topological polar surface area (TPSA) is 42.4 Å². The summed E-state index contributed by atoms with van der Waals surface area (Å²) in [6.45, 7) is 0. The van der Waals surface area contributed by atoms with Gasteiger partial charge in [0.15, 0.2) is 5.58 Å². The second-order valence-electron chi connectivity index (χ2n) is 15.9. The van der Waals surface area contributed by atoms with Crippen molar-refractivity contribution in [2.24, 2.45) is 0 Å². The molecule has 4 nitrogen and oxygen atoms in total. The molecule has 0 saturated heterocycles. The summed E-state index contributed by atoms with van der Waals surface area (Å²) in [6, 6.07) is 81.5. The first-order chi connectivity index (χ1) is 31.2. The van der Waals surface area contributed by atoms with Crippen molar-refractivity contribution in [3.63, 3.8) is 0 Å². The molecule has 10 aromatic carbocycles. The van der Waals surface area contributed by atoms with E-state index < -0.39 is 0 Å². The number of hydrogen-bond acceptors (Lipinski definition) is 4. The highest BCUT2D eigenvalue weighted by molar-refractivity contribution is 6.16. The Bertz CT molecular complexity index is 3610. The largest absolute Gasteiger partial charge is 0.456 e. The molecule has 12 aromatic rings. The van der Waals surface area contributed by atoms with E-state index in [2.05, 4.69) is 193 Å². The van der Waals surface area contributed by atoms with Crippen LogP contribution in [0, 0.1) is 0 Å². The number of nitrogens with zero attached hydrogens (tertiary/aromatic N) is 2. The maximum Gasteiger partial charge on any atom is 0.227 e. The van der Waals surface area contributed by atoms with E-state index in [0.717, 1.165) is 77.9 Å². The predicted octanol–water partition coefficient (Wildman–Crippen LogP) is 16.7. The van der Waals surface area contributed by atoms with Gasteiger partial charge in [-0.3, -0.25) is 0 Å². The van der Waals surface area contributed by atoms with Crippen LogP contribution in [0.25, 0.3) is 99.8 Å². The van der Waals surface area contributed by atoms with Gasteiger partial charge < -0.3 is 13.7 Å². The Balaban J connectivity index is 1.07. The van der Waals surface area contributed by atoms with E-state index in [1.807, 2.05) is 42.5 Å². The van der Waals surface area contributed by atoms with Crippen molar-refractivity contribution in [1.82, 2.24) is 4.98 Å². The molecule has 0 radical (unpaired) electrons. The molecule has 63 heavy (non-hydrogen) atoms. The molecule has 0 atom stereocenters. The number of hydrogen-bond donors (Lipinski definition) is 0. The highest BCUT2D eigenvalue weighted by Crippen LogP contribution is 2.47. The molecule has 0 N–H and O–H groups in total. The minimum absolute atomic E-state index is 0.582. The van der Waals surface area contributed by atoms with Crippen molar-refractivity contribution in [1.29, 1.82) is 0 Å². The first-order valence-electron chi connectivity index (χ1n) is 21.3. The Kier molecular flexibility index (Phi) is 8.79. The van der Waals surface area contributed by atoms with Crippen molar-refractivity contribution >= 4 is 60.9 Å². The van der Waals surface area contributed by atoms with Gasteiger partial charge in [0, 0.05) is 28.4 Å². The molecule has 296 valence electrons. The summed E-state index contributed by atoms with van der Waals surface area (Å²) in [5.74, 6) is 0.582. The molecule has 2 aromatic heterocycles. The molecule has 0 unspecified atom stereocenters. The van der Waals surface area contributed by atoms with Gasteiger partial charge in [-0.05, 0) is 116 Å². The summed E-state index contributed by atoms with van der Waals surface area (Å²) in [4.78, 5) is 7.33. The lowest BCUT2D eigenvalue weighted by atomic mass is 9.92. The molecule has 2 heterocycles. The summed E-state index contributed by atoms with van der Waals surface area (Å²) in [6.07, 6.45) is 0. The first-order valence-corrected chi connectivity index (χ1v) is 21.3. The van der Waals surface area contributed by atoms with Gasteiger partial charge in [-0.1, -0.05) is 164 Å². The fraction of sp³-hybridized carbons (Fsp3) is 0. The number of fused-ring (bicyclic) bond motifs is 5. The fourth-order valence-electron chi connectivity index (χ4n) is 9.08. The van der Waals surface area contributed by atoms with Crippen LogP contribution < -0.4 is 4.90 Å². The lowest BCUT2D eigenvalue weighted by Crippen LogP contribution is -2.10. The van der Waals surface area contributed by atoms with Gasteiger partial charge in [-0.2, -0.15) is 0 Å². The van der Waals surface area contributed by atoms with Gasteiger partial charge in [0.25, 0.3) is 0 Å². The summed E-state index contributed by atoms with van der Waals surface area (Å²) >= 11 is 0. The van der Waals surface area contributed by atoms with E-state index in [1.54, 1.807) is 0 Å². The summed E-state index contributed by atoms with van der Waals surface area (Å²) in [5, 5.41) is 4.38. The number of furan rings is 1. The van der Waals surface area contributed by atoms with Crippen LogP contribution in [0.2, 0.25) is 0 Å². The second kappa shape index (κ2) is 15.2. The molecule has 0 aliphatic rings. The lowest BCUT2D eigenvalue weighted by molar-refractivity contribution is 0.617. The van der Waals surface area contributed by atoms with Gasteiger partial charge in [-0.15, -0.1) is 0 Å². The van der Waals surface area contributed by atoms with Crippen LogP contribution in [0.3, 0.4) is 0 Å². The molecule has 0 amide bonds. The third-order valence-corrected chi connectivity index (χ3v) is 12.1. The molecule has 0 spiro atoms. The van der Waals surface area contributed by atoms with Gasteiger partial charge in [0.05, 0.1) is 11.1 Å². The Morgan fingerprint density at radius 3 is 1.63 bits per heavy atom. The molecular formula is C59H38N2O2. The zero-order chi connectivity index (χ0) is 41.7. The van der Waals surface area contributed by atoms with E-state index in [9.17, 15) is 0 Å². The van der Waals surface area contributed by atoms with Crippen molar-refractivity contribution in [2.45, 2.75) is 0 Å². The van der Waals surface area contributed by atoms with E-state index in [0.29, 0.717) is 11.5 Å². The molecule has 0 bridgehead atoms. The van der Waals surface area contributed by atoms with E-state index in [-0.39, 0.29) is 0 Å². The summed E-state index contributed by atoms with van der Waals surface area (Å²) in [7, 11) is 0. The summed E-state index contributed by atoms with van der Waals surface area (Å²) < 4.78 is 13.0. The van der Waals surface area contributed by atoms with Crippen molar-refractivity contribution < 1.29 is 8.83 Å². The van der Waals surface area contributed by atoms with E-state index in [4.69, 9.17) is 13.8 Å². The summed E-state index contributed by atoms with van der Waals surface area (Å²) in [5.41, 5.74) is 16.3. The van der Waals surface area contributed by atoms with Crippen LogP contribution in [0.15, 0.2) is 239 Å². The number of benzene rings is 10. The predicted molar refractivity (Wildman–Crippen MR) is 261 cm³/mol. The second-order valence-corrected chi connectivity index (χ2v) is 15.9. The van der Waals surface area contributed by atoms with E-state index >= 15 is 0 Å².